The van der Waals surface area contributed by atoms with Crippen LogP contribution in [0, 0.1) is 0 Å². The maximum Gasteiger partial charge on any atom is 0.307 e. The average molecular weight is 140 g/mol. The minimum atomic E-state index is -0.786. The number of hydrogen-bond acceptors (Lipinski definition) is 1. The molecule has 0 saturated heterocycles. The summed E-state index contributed by atoms with van der Waals surface area (Å²) in [7, 11) is 0. The first-order valence-corrected chi connectivity index (χ1v) is 3.20. The van der Waals surface area contributed by atoms with Crippen LogP contribution in [0.15, 0.2) is 23.8 Å². The molecular formula is C8H12O2. The van der Waals surface area contributed by atoms with Crippen molar-refractivity contribution >= 4 is 5.97 Å². The molecule has 0 aliphatic carbocycles. The molecule has 1 N–H and O–H groups in total. The van der Waals surface area contributed by atoms with Crippen LogP contribution in [0.1, 0.15) is 20.3 Å². The van der Waals surface area contributed by atoms with Crippen LogP contribution in [-0.2, 0) is 4.79 Å². The molecule has 0 heterocycles. The van der Waals surface area contributed by atoms with Crippen LogP contribution in [0.2, 0.25) is 0 Å². The Labute approximate surface area is 60.9 Å². The maximum absolute atomic E-state index is 10.2. The quantitative estimate of drug-likeness (QED) is 0.608. The van der Waals surface area contributed by atoms with Gasteiger partial charge in [0.1, 0.15) is 0 Å². The molecule has 0 spiro atoms. The fourth-order valence-electron chi connectivity index (χ4n) is 0.646. The summed E-state index contributed by atoms with van der Waals surface area (Å²) in [6, 6.07) is 0. The van der Waals surface area contributed by atoms with Gasteiger partial charge in [-0.2, -0.15) is 0 Å². The molecular weight excluding hydrogens is 128 g/mol. The zero-order valence-electron chi connectivity index (χ0n) is 6.29. The Morgan fingerprint density at radius 2 is 2.10 bits per heavy atom. The highest BCUT2D eigenvalue weighted by atomic mass is 16.4. The molecule has 0 aliphatic heterocycles. The molecule has 0 aromatic heterocycles. The van der Waals surface area contributed by atoms with E-state index in [4.69, 9.17) is 5.11 Å². The van der Waals surface area contributed by atoms with Crippen molar-refractivity contribution in [3.8, 4) is 0 Å². The largest absolute Gasteiger partial charge is 0.481 e. The third-order valence-corrected chi connectivity index (χ3v) is 1.11. The van der Waals surface area contributed by atoms with Crippen molar-refractivity contribution in [3.05, 3.63) is 23.8 Å². The van der Waals surface area contributed by atoms with E-state index in [0.717, 1.165) is 5.57 Å². The SMILES string of the molecule is C/C=C\C(=C/C)CC(=O)O. The van der Waals surface area contributed by atoms with Gasteiger partial charge < -0.3 is 5.11 Å². The Balaban J connectivity index is 3.98. The summed E-state index contributed by atoms with van der Waals surface area (Å²) in [5.74, 6) is -0.786. The second-order valence-electron chi connectivity index (χ2n) is 1.93. The summed E-state index contributed by atoms with van der Waals surface area (Å²) < 4.78 is 0. The summed E-state index contributed by atoms with van der Waals surface area (Å²) in [4.78, 5) is 10.2. The van der Waals surface area contributed by atoms with E-state index in [-0.39, 0.29) is 6.42 Å². The molecule has 0 atom stereocenters. The van der Waals surface area contributed by atoms with Crippen molar-refractivity contribution in [2.75, 3.05) is 0 Å². The van der Waals surface area contributed by atoms with Crippen molar-refractivity contribution in [1.29, 1.82) is 0 Å². The standard InChI is InChI=1S/C8H12O2/c1-3-5-7(4-2)6-8(9)10/h3-5H,6H2,1-2H3,(H,9,10)/b5-3-,7-4+. The fourth-order valence-corrected chi connectivity index (χ4v) is 0.646. The van der Waals surface area contributed by atoms with Gasteiger partial charge >= 0.3 is 5.97 Å². The molecule has 0 fully saturated rings. The van der Waals surface area contributed by atoms with Crippen LogP contribution in [0.25, 0.3) is 0 Å². The Morgan fingerprint density at radius 3 is 2.40 bits per heavy atom. The first kappa shape index (κ1) is 8.95. The van der Waals surface area contributed by atoms with E-state index in [9.17, 15) is 4.79 Å². The molecule has 0 amide bonds. The number of carboxylic acid groups (broad SMARTS) is 1. The number of carboxylic acids is 1. The highest BCUT2D eigenvalue weighted by Crippen LogP contribution is 2.02. The molecule has 0 aliphatic rings. The first-order valence-electron chi connectivity index (χ1n) is 3.20. The monoisotopic (exact) mass is 140 g/mol. The van der Waals surface area contributed by atoms with Gasteiger partial charge in [-0.15, -0.1) is 0 Å². The van der Waals surface area contributed by atoms with E-state index in [1.165, 1.54) is 0 Å². The Kier molecular flexibility index (Phi) is 4.29. The third-order valence-electron chi connectivity index (χ3n) is 1.11. The van der Waals surface area contributed by atoms with Gasteiger partial charge in [0.05, 0.1) is 6.42 Å². The lowest BCUT2D eigenvalue weighted by Crippen LogP contribution is -1.94. The second-order valence-corrected chi connectivity index (χ2v) is 1.93. The fraction of sp³-hybridized carbons (Fsp3) is 0.375. The minimum Gasteiger partial charge on any atom is -0.481 e. The van der Waals surface area contributed by atoms with Gasteiger partial charge in [-0.3, -0.25) is 4.79 Å². The third kappa shape index (κ3) is 3.89. The number of allylic oxidation sites excluding steroid dienone is 3. The topological polar surface area (TPSA) is 37.3 Å². The van der Waals surface area contributed by atoms with Crippen LogP contribution in [0.4, 0.5) is 0 Å². The van der Waals surface area contributed by atoms with Crippen molar-refractivity contribution in [3.63, 3.8) is 0 Å². The lowest BCUT2D eigenvalue weighted by atomic mass is 10.2. The number of rotatable bonds is 3. The van der Waals surface area contributed by atoms with Crippen molar-refractivity contribution in [2.24, 2.45) is 0 Å². The molecule has 0 rings (SSSR count). The first-order chi connectivity index (χ1) is 4.70. The predicted octanol–water partition coefficient (Wildman–Crippen LogP) is 1.98. The van der Waals surface area contributed by atoms with Gasteiger partial charge in [0.15, 0.2) is 0 Å². The van der Waals surface area contributed by atoms with Gasteiger partial charge in [-0.05, 0) is 19.4 Å². The van der Waals surface area contributed by atoms with Crippen LogP contribution >= 0.6 is 0 Å². The van der Waals surface area contributed by atoms with Gasteiger partial charge in [0, 0.05) is 0 Å². The van der Waals surface area contributed by atoms with E-state index in [0.29, 0.717) is 0 Å². The van der Waals surface area contributed by atoms with Gasteiger partial charge in [-0.25, -0.2) is 0 Å². The zero-order valence-corrected chi connectivity index (χ0v) is 6.29. The minimum absolute atomic E-state index is 0.112. The van der Waals surface area contributed by atoms with E-state index < -0.39 is 5.97 Å². The van der Waals surface area contributed by atoms with Gasteiger partial charge in [-0.1, -0.05) is 18.2 Å². The lowest BCUT2D eigenvalue weighted by Gasteiger charge is -1.93. The summed E-state index contributed by atoms with van der Waals surface area (Å²) >= 11 is 0. The summed E-state index contributed by atoms with van der Waals surface area (Å²) in [6.45, 7) is 3.70. The van der Waals surface area contributed by atoms with Crippen molar-refractivity contribution < 1.29 is 9.90 Å². The Bertz CT molecular complexity index is 166. The van der Waals surface area contributed by atoms with E-state index >= 15 is 0 Å². The molecule has 2 nitrogen and oxygen atoms in total. The number of aliphatic carboxylic acids is 1. The van der Waals surface area contributed by atoms with Crippen molar-refractivity contribution in [2.45, 2.75) is 20.3 Å². The van der Waals surface area contributed by atoms with E-state index in [1.54, 1.807) is 12.2 Å². The molecule has 0 aromatic carbocycles. The van der Waals surface area contributed by atoms with Crippen LogP contribution in [-0.4, -0.2) is 11.1 Å². The van der Waals surface area contributed by atoms with Crippen molar-refractivity contribution in [1.82, 2.24) is 0 Å². The summed E-state index contributed by atoms with van der Waals surface area (Å²) in [6.07, 6.45) is 5.54. The highest BCUT2D eigenvalue weighted by Gasteiger charge is 1.97. The highest BCUT2D eigenvalue weighted by molar-refractivity contribution is 5.70. The lowest BCUT2D eigenvalue weighted by molar-refractivity contribution is -0.136. The number of carbonyl (C=O) groups is 1. The van der Waals surface area contributed by atoms with Crippen LogP contribution in [0.5, 0.6) is 0 Å². The van der Waals surface area contributed by atoms with Gasteiger partial charge in [0.2, 0.25) is 0 Å². The Morgan fingerprint density at radius 1 is 1.50 bits per heavy atom. The smallest absolute Gasteiger partial charge is 0.307 e. The normalized spacial score (nSPS) is 12.4. The van der Waals surface area contributed by atoms with Crippen LogP contribution < -0.4 is 0 Å². The molecule has 0 unspecified atom stereocenters. The maximum atomic E-state index is 10.2. The molecule has 0 saturated carbocycles. The summed E-state index contributed by atoms with van der Waals surface area (Å²) in [5, 5.41) is 8.37. The van der Waals surface area contributed by atoms with Crippen LogP contribution in [0.3, 0.4) is 0 Å². The molecule has 10 heavy (non-hydrogen) atoms. The summed E-state index contributed by atoms with van der Waals surface area (Å²) in [5.41, 5.74) is 0.843. The average Bonchev–Trinajstić information content (AvgIpc) is 1.86. The molecule has 2 heteroatoms. The zero-order chi connectivity index (χ0) is 7.98. The van der Waals surface area contributed by atoms with Gasteiger partial charge in [0.25, 0.3) is 0 Å². The Hall–Kier alpha value is -1.05. The molecule has 0 radical (unpaired) electrons. The second kappa shape index (κ2) is 4.79. The number of hydrogen-bond donors (Lipinski definition) is 1. The predicted molar refractivity (Wildman–Crippen MR) is 40.8 cm³/mol. The molecule has 0 bridgehead atoms. The van der Waals surface area contributed by atoms with E-state index in [2.05, 4.69) is 0 Å². The van der Waals surface area contributed by atoms with E-state index in [1.807, 2.05) is 19.9 Å². The molecule has 0 aromatic rings. The molecule has 56 valence electrons.